The first kappa shape index (κ1) is 97.3. The van der Waals surface area contributed by atoms with E-state index in [0.717, 1.165) is 51.9 Å². The summed E-state index contributed by atoms with van der Waals surface area (Å²) in [6, 6.07) is -0.923. The Kier molecular flexibility index (Phi) is 90.3. The van der Waals surface area contributed by atoms with Crippen molar-refractivity contribution in [3.8, 4) is 0 Å². The Labute approximate surface area is 616 Å². The summed E-state index contributed by atoms with van der Waals surface area (Å²) in [5.74, 6) is -1.82. The Morgan fingerprint density at radius 2 is 0.280 bits per heavy atom. The Bertz CT molecular complexity index is 1190. The van der Waals surface area contributed by atoms with Crippen molar-refractivity contribution < 1.29 is 19.8 Å². The van der Waals surface area contributed by atoms with Crippen LogP contribution in [-0.2, 0) is 9.59 Å². The molecule has 0 aliphatic carbocycles. The predicted molar refractivity (Wildman–Crippen MR) is 413 cm³/mol. The molecule has 0 aromatic rings. The molecule has 0 fully saturated rings. The van der Waals surface area contributed by atoms with E-state index in [0.29, 0.717) is 0 Å². The zero-order valence-corrected chi connectivity index (χ0v) is 67.3. The third-order valence-electron chi connectivity index (χ3n) is 21.0. The molecule has 0 N–H and O–H groups in total. The molecule has 552 valence electrons. The average Bonchev–Trinajstić information content (AvgIpc) is 3.76. The molecule has 0 rings (SSSR count). The Morgan fingerprint density at radius 1 is 0.194 bits per heavy atom. The van der Waals surface area contributed by atoms with Crippen LogP contribution in [0.2, 0.25) is 0 Å². The Hall–Kier alpha value is 0.120. The van der Waals surface area contributed by atoms with Crippen LogP contribution in [0.4, 0.5) is 0 Å². The summed E-state index contributed by atoms with van der Waals surface area (Å²) >= 11 is 0. The van der Waals surface area contributed by atoms with Gasteiger partial charge in [-0.25, -0.2) is 0 Å². The van der Waals surface area contributed by atoms with Crippen molar-refractivity contribution in [3.63, 3.8) is 0 Å². The van der Waals surface area contributed by atoms with Crippen LogP contribution >= 0.6 is 0 Å². The molecule has 0 aromatic carbocycles. The minimum absolute atomic E-state index is 0. The van der Waals surface area contributed by atoms with Crippen LogP contribution in [0.25, 0.3) is 0 Å². The molecule has 7 heteroatoms. The van der Waals surface area contributed by atoms with Crippen LogP contribution in [0.1, 0.15) is 504 Å². The van der Waals surface area contributed by atoms with Gasteiger partial charge in [0.05, 0.1) is 11.9 Å². The monoisotopic (exact) mass is 1340 g/mol. The van der Waals surface area contributed by atoms with Crippen LogP contribution < -0.4 is 10.2 Å². The number of carbonyl (C=O) groups is 2. The van der Waals surface area contributed by atoms with Crippen LogP contribution in [0.3, 0.4) is 0 Å². The van der Waals surface area contributed by atoms with Crippen LogP contribution in [0.5, 0.6) is 0 Å². The van der Waals surface area contributed by atoms with E-state index < -0.39 is 24.0 Å². The van der Waals surface area contributed by atoms with E-state index in [1.54, 1.807) is 0 Å². The molecule has 6 nitrogen and oxygen atoms in total. The van der Waals surface area contributed by atoms with E-state index in [9.17, 15) is 19.8 Å². The molecule has 0 heterocycles. The first-order chi connectivity index (χ1) is 45.3. The molecule has 2 unspecified atom stereocenters. The van der Waals surface area contributed by atoms with Crippen molar-refractivity contribution in [1.82, 2.24) is 9.80 Å². The van der Waals surface area contributed by atoms with Gasteiger partial charge in [-0.1, -0.05) is 464 Å². The minimum Gasteiger partial charge on any atom is -0.548 e. The molecule has 0 saturated heterocycles. The molecular formula is C86H172CaN2O4. The van der Waals surface area contributed by atoms with E-state index in [2.05, 4.69) is 37.5 Å². The molecule has 0 aliphatic rings. The number of unbranched alkanes of at least 4 members (excludes halogenated alkanes) is 68. The van der Waals surface area contributed by atoms with Gasteiger partial charge in [0.2, 0.25) is 0 Å². The summed E-state index contributed by atoms with van der Waals surface area (Å²) in [7, 11) is 0. The zero-order valence-electron chi connectivity index (χ0n) is 65.1. The van der Waals surface area contributed by atoms with Gasteiger partial charge in [-0.15, -0.1) is 0 Å². The molecule has 0 radical (unpaired) electrons. The maximum Gasteiger partial charge on any atom is 2.00 e. The topological polar surface area (TPSA) is 86.7 Å². The van der Waals surface area contributed by atoms with Crippen molar-refractivity contribution in [2.24, 2.45) is 0 Å². The third kappa shape index (κ3) is 81.0. The number of carboxylic acids is 2. The SMILES string of the molecule is CCCCCCCCCCCCCCCCCCCCN(CCCCCCCCCCCCCCCCCCCC)C(C)C(=O)[O-].CCCCCCCCCCCCCCCCCCCCN(CCCCCCCCCCCCCCCCCCCC)C(C)C(=O)[O-].[Ca+2]. The number of aliphatic carboxylic acids is 2. The maximum atomic E-state index is 11.6. The fraction of sp³-hybridized carbons (Fsp3) is 0.977. The summed E-state index contributed by atoms with van der Waals surface area (Å²) in [6.45, 7) is 16.4. The molecule has 0 bridgehead atoms. The van der Waals surface area contributed by atoms with Crippen molar-refractivity contribution in [2.45, 2.75) is 516 Å². The van der Waals surface area contributed by atoms with Gasteiger partial charge in [0.1, 0.15) is 0 Å². The fourth-order valence-corrected chi connectivity index (χ4v) is 14.2. The second-order valence-electron chi connectivity index (χ2n) is 30.1. The molecule has 0 aliphatic heterocycles. The van der Waals surface area contributed by atoms with Gasteiger partial charge in [0.25, 0.3) is 0 Å². The Balaban J connectivity index is -0.00000172. The van der Waals surface area contributed by atoms with Gasteiger partial charge in [0.15, 0.2) is 0 Å². The summed E-state index contributed by atoms with van der Waals surface area (Å²) in [6.07, 6.45) is 99.7. The van der Waals surface area contributed by atoms with Crippen molar-refractivity contribution in [1.29, 1.82) is 0 Å². The van der Waals surface area contributed by atoms with Gasteiger partial charge in [-0.05, 0) is 65.7 Å². The summed E-state index contributed by atoms with van der Waals surface area (Å²) in [5, 5.41) is 23.1. The van der Waals surface area contributed by atoms with E-state index in [4.69, 9.17) is 0 Å². The average molecular weight is 1340 g/mol. The smallest absolute Gasteiger partial charge is 0.548 e. The quantitative estimate of drug-likeness (QED) is 0.0445. The van der Waals surface area contributed by atoms with Crippen LogP contribution in [0, 0.1) is 0 Å². The molecule has 93 heavy (non-hydrogen) atoms. The van der Waals surface area contributed by atoms with Crippen molar-refractivity contribution in [2.75, 3.05) is 26.2 Å². The standard InChI is InChI=1S/2C43H87NO2.Ca/c2*1-4-6-8-10-12-14-16-18-20-22-24-26-28-30-32-34-36-38-40-44(42(3)43(45)46)41-39-37-35-33-31-29-27-25-23-21-19-17-15-13-11-9-7-5-2;/h2*42H,4-41H2,1-3H3,(H,45,46);/q;;+2/p-2. The van der Waals surface area contributed by atoms with Crippen LogP contribution in [0.15, 0.2) is 0 Å². The van der Waals surface area contributed by atoms with E-state index in [-0.39, 0.29) is 37.7 Å². The molecule has 2 atom stereocenters. The van der Waals surface area contributed by atoms with Gasteiger partial charge >= 0.3 is 37.7 Å². The van der Waals surface area contributed by atoms with Gasteiger partial charge in [0, 0.05) is 12.1 Å². The second-order valence-corrected chi connectivity index (χ2v) is 30.1. The Morgan fingerprint density at radius 3 is 0.366 bits per heavy atom. The number of hydrogen-bond donors (Lipinski definition) is 0. The largest absolute Gasteiger partial charge is 2.00 e. The fourth-order valence-electron chi connectivity index (χ4n) is 14.2. The molecule has 0 spiro atoms. The van der Waals surface area contributed by atoms with E-state index in [1.165, 1.54) is 437 Å². The van der Waals surface area contributed by atoms with Crippen molar-refractivity contribution >= 4 is 49.7 Å². The summed E-state index contributed by atoms with van der Waals surface area (Å²) in [4.78, 5) is 27.5. The van der Waals surface area contributed by atoms with E-state index in [1.807, 2.05) is 13.8 Å². The minimum atomic E-state index is -0.912. The third-order valence-corrected chi connectivity index (χ3v) is 21.0. The molecule has 0 saturated carbocycles. The van der Waals surface area contributed by atoms with E-state index >= 15 is 0 Å². The summed E-state index contributed by atoms with van der Waals surface area (Å²) < 4.78 is 0. The maximum absolute atomic E-state index is 11.6. The predicted octanol–water partition coefficient (Wildman–Crippen LogP) is 26.6. The van der Waals surface area contributed by atoms with Gasteiger partial charge < -0.3 is 19.8 Å². The number of carbonyl (C=O) groups excluding carboxylic acids is 2. The van der Waals surface area contributed by atoms with Crippen LogP contribution in [-0.4, -0.2) is 97.7 Å². The molecule has 0 amide bonds. The first-order valence-corrected chi connectivity index (χ1v) is 43.2. The van der Waals surface area contributed by atoms with Crippen molar-refractivity contribution in [3.05, 3.63) is 0 Å². The number of rotatable bonds is 80. The number of nitrogens with zero attached hydrogens (tertiary/aromatic N) is 2. The molecule has 0 aromatic heterocycles. The van der Waals surface area contributed by atoms with Gasteiger partial charge in [-0.3, -0.25) is 9.80 Å². The normalized spacial score (nSPS) is 12.2. The zero-order chi connectivity index (χ0) is 67.2. The first-order valence-electron chi connectivity index (χ1n) is 43.2. The summed E-state index contributed by atoms with van der Waals surface area (Å²) in [5.41, 5.74) is 0. The number of carboxylic acid groups (broad SMARTS) is 2. The molecular weight excluding hydrogens is 1170 g/mol. The number of hydrogen-bond acceptors (Lipinski definition) is 6. The van der Waals surface area contributed by atoms with Gasteiger partial charge in [-0.2, -0.15) is 0 Å². The second kappa shape index (κ2) is 86.3.